The molecule has 0 bridgehead atoms. The van der Waals surface area contributed by atoms with E-state index in [0.29, 0.717) is 15.8 Å². The van der Waals surface area contributed by atoms with Gasteiger partial charge >= 0.3 is 0 Å². The van der Waals surface area contributed by atoms with Crippen molar-refractivity contribution < 1.29 is 14.6 Å². The Bertz CT molecular complexity index is 483. The lowest BCUT2D eigenvalue weighted by atomic mass is 10.3. The van der Waals surface area contributed by atoms with E-state index < -0.39 is 6.10 Å². The number of aliphatic hydroxyl groups excluding tert-OH is 1. The van der Waals surface area contributed by atoms with Crippen molar-refractivity contribution in [3.05, 3.63) is 28.2 Å². The standard InChI is InChI=1S/C14H20Cl2N2O3/c1-9(18(2)3)14(20)17-7-10(19)8-21-12-6-4-5-11(15)13(12)16/h4-6,9-10,19H,7-8H2,1-3H3,(H,17,20)/t9-,10?/m0/s1. The van der Waals surface area contributed by atoms with E-state index in [2.05, 4.69) is 5.32 Å². The van der Waals surface area contributed by atoms with E-state index in [9.17, 15) is 9.90 Å². The molecular formula is C14H20Cl2N2O3. The molecular weight excluding hydrogens is 315 g/mol. The Hall–Kier alpha value is -1.01. The maximum Gasteiger partial charge on any atom is 0.237 e. The minimum Gasteiger partial charge on any atom is -0.489 e. The van der Waals surface area contributed by atoms with Gasteiger partial charge in [-0.05, 0) is 33.2 Å². The molecule has 0 spiro atoms. The second-order valence-electron chi connectivity index (χ2n) is 4.90. The average molecular weight is 335 g/mol. The molecule has 0 aliphatic rings. The zero-order valence-corrected chi connectivity index (χ0v) is 13.8. The molecule has 2 atom stereocenters. The summed E-state index contributed by atoms with van der Waals surface area (Å²) in [6.45, 7) is 1.90. The minimum atomic E-state index is -0.835. The zero-order valence-electron chi connectivity index (χ0n) is 12.3. The first-order chi connectivity index (χ1) is 9.82. The van der Waals surface area contributed by atoms with Crippen LogP contribution in [0.15, 0.2) is 18.2 Å². The largest absolute Gasteiger partial charge is 0.489 e. The van der Waals surface area contributed by atoms with Crippen LogP contribution in [0.3, 0.4) is 0 Å². The number of hydrogen-bond acceptors (Lipinski definition) is 4. The van der Waals surface area contributed by atoms with Crippen molar-refractivity contribution in [1.82, 2.24) is 10.2 Å². The summed E-state index contributed by atoms with van der Waals surface area (Å²) in [7, 11) is 3.62. The molecule has 1 rings (SSSR count). The van der Waals surface area contributed by atoms with Crippen molar-refractivity contribution in [1.29, 1.82) is 0 Å². The maximum atomic E-state index is 11.7. The fourth-order valence-electron chi connectivity index (χ4n) is 1.44. The van der Waals surface area contributed by atoms with Crippen LogP contribution >= 0.6 is 23.2 Å². The summed E-state index contributed by atoms with van der Waals surface area (Å²) >= 11 is 11.8. The first kappa shape index (κ1) is 18.0. The number of carbonyl (C=O) groups excluding carboxylic acids is 1. The Balaban J connectivity index is 2.39. The number of aliphatic hydroxyl groups is 1. The van der Waals surface area contributed by atoms with Gasteiger partial charge in [0.25, 0.3) is 0 Å². The number of amides is 1. The number of ether oxygens (including phenoxy) is 1. The highest BCUT2D eigenvalue weighted by molar-refractivity contribution is 6.42. The van der Waals surface area contributed by atoms with Gasteiger partial charge in [0.15, 0.2) is 0 Å². The lowest BCUT2D eigenvalue weighted by Gasteiger charge is -2.20. The molecule has 0 heterocycles. The Morgan fingerprint density at radius 3 is 2.71 bits per heavy atom. The van der Waals surface area contributed by atoms with Gasteiger partial charge in [0.1, 0.15) is 23.5 Å². The predicted molar refractivity (Wildman–Crippen MR) is 84.1 cm³/mol. The molecule has 0 aliphatic heterocycles. The molecule has 0 aromatic heterocycles. The highest BCUT2D eigenvalue weighted by Gasteiger charge is 2.16. The van der Waals surface area contributed by atoms with Gasteiger partial charge in [-0.15, -0.1) is 0 Å². The minimum absolute atomic E-state index is 0.0106. The number of nitrogens with zero attached hydrogens (tertiary/aromatic N) is 1. The van der Waals surface area contributed by atoms with Gasteiger partial charge in [-0.2, -0.15) is 0 Å². The molecule has 0 radical (unpaired) electrons. The lowest BCUT2D eigenvalue weighted by molar-refractivity contribution is -0.125. The molecule has 0 fully saturated rings. The van der Waals surface area contributed by atoms with Crippen LogP contribution in [0.1, 0.15) is 6.92 Å². The molecule has 1 unspecified atom stereocenters. The molecule has 1 amide bonds. The first-order valence-electron chi connectivity index (χ1n) is 6.52. The molecule has 21 heavy (non-hydrogen) atoms. The van der Waals surface area contributed by atoms with E-state index in [1.165, 1.54) is 0 Å². The van der Waals surface area contributed by atoms with E-state index in [4.69, 9.17) is 27.9 Å². The summed E-state index contributed by atoms with van der Waals surface area (Å²) in [5.74, 6) is 0.246. The summed E-state index contributed by atoms with van der Waals surface area (Å²) in [5.41, 5.74) is 0. The van der Waals surface area contributed by atoms with Crippen LogP contribution in [-0.4, -0.2) is 55.3 Å². The summed E-state index contributed by atoms with van der Waals surface area (Å²) < 4.78 is 5.39. The van der Waals surface area contributed by atoms with Crippen LogP contribution in [0, 0.1) is 0 Å². The van der Waals surface area contributed by atoms with Gasteiger partial charge in [-0.1, -0.05) is 29.3 Å². The second kappa shape index (κ2) is 8.44. The van der Waals surface area contributed by atoms with Gasteiger partial charge in [0.2, 0.25) is 5.91 Å². The quantitative estimate of drug-likeness (QED) is 0.798. The Morgan fingerprint density at radius 1 is 1.43 bits per heavy atom. The topological polar surface area (TPSA) is 61.8 Å². The third kappa shape index (κ3) is 5.71. The van der Waals surface area contributed by atoms with Crippen molar-refractivity contribution in [2.24, 2.45) is 0 Å². The molecule has 0 aliphatic carbocycles. The van der Waals surface area contributed by atoms with Crippen LogP contribution in [0.25, 0.3) is 0 Å². The normalized spacial score (nSPS) is 13.9. The summed E-state index contributed by atoms with van der Waals surface area (Å²) in [4.78, 5) is 13.5. The van der Waals surface area contributed by atoms with E-state index in [-0.39, 0.29) is 25.1 Å². The monoisotopic (exact) mass is 334 g/mol. The van der Waals surface area contributed by atoms with Crippen molar-refractivity contribution in [3.63, 3.8) is 0 Å². The molecule has 1 aromatic rings. The van der Waals surface area contributed by atoms with Gasteiger partial charge in [0.05, 0.1) is 11.1 Å². The van der Waals surface area contributed by atoms with Crippen molar-refractivity contribution in [3.8, 4) is 5.75 Å². The molecule has 0 saturated heterocycles. The van der Waals surface area contributed by atoms with Gasteiger partial charge in [-0.25, -0.2) is 0 Å². The molecule has 118 valence electrons. The molecule has 5 nitrogen and oxygen atoms in total. The van der Waals surface area contributed by atoms with Crippen LogP contribution < -0.4 is 10.1 Å². The average Bonchev–Trinajstić information content (AvgIpc) is 2.45. The van der Waals surface area contributed by atoms with Crippen LogP contribution in [0.4, 0.5) is 0 Å². The molecule has 0 saturated carbocycles. The maximum absolute atomic E-state index is 11.7. The van der Waals surface area contributed by atoms with Crippen molar-refractivity contribution >= 4 is 29.1 Å². The lowest BCUT2D eigenvalue weighted by Crippen LogP contribution is -2.44. The number of nitrogens with one attached hydrogen (secondary N) is 1. The number of carbonyl (C=O) groups is 1. The first-order valence-corrected chi connectivity index (χ1v) is 7.27. The third-order valence-electron chi connectivity index (χ3n) is 3.01. The fraction of sp³-hybridized carbons (Fsp3) is 0.500. The van der Waals surface area contributed by atoms with Gasteiger partial charge in [-0.3, -0.25) is 9.69 Å². The number of benzene rings is 1. The number of halogens is 2. The highest BCUT2D eigenvalue weighted by atomic mass is 35.5. The molecule has 7 heteroatoms. The SMILES string of the molecule is C[C@@H](C(=O)NCC(O)COc1cccc(Cl)c1Cl)N(C)C. The summed E-state index contributed by atoms with van der Waals surface area (Å²) in [6.07, 6.45) is -0.835. The number of likely N-dealkylation sites (N-methyl/N-ethyl adjacent to an activating group) is 1. The zero-order chi connectivity index (χ0) is 16.0. The summed E-state index contributed by atoms with van der Waals surface area (Å²) in [6, 6.07) is 4.75. The summed E-state index contributed by atoms with van der Waals surface area (Å²) in [5, 5.41) is 13.2. The van der Waals surface area contributed by atoms with E-state index in [1.807, 2.05) is 14.1 Å². The second-order valence-corrected chi connectivity index (χ2v) is 5.69. The molecule has 2 N–H and O–H groups in total. The van der Waals surface area contributed by atoms with Gasteiger partial charge in [0, 0.05) is 6.54 Å². The Morgan fingerprint density at radius 2 is 2.10 bits per heavy atom. The van der Waals surface area contributed by atoms with Crippen LogP contribution in [0.5, 0.6) is 5.75 Å². The fourth-order valence-corrected chi connectivity index (χ4v) is 1.79. The highest BCUT2D eigenvalue weighted by Crippen LogP contribution is 2.31. The Kier molecular flexibility index (Phi) is 7.25. The van der Waals surface area contributed by atoms with Crippen molar-refractivity contribution in [2.75, 3.05) is 27.2 Å². The number of rotatable bonds is 7. The van der Waals surface area contributed by atoms with Crippen LogP contribution in [-0.2, 0) is 4.79 Å². The van der Waals surface area contributed by atoms with Crippen molar-refractivity contribution in [2.45, 2.75) is 19.1 Å². The van der Waals surface area contributed by atoms with E-state index in [1.54, 1.807) is 30.0 Å². The van der Waals surface area contributed by atoms with Crippen LogP contribution in [0.2, 0.25) is 10.0 Å². The van der Waals surface area contributed by atoms with E-state index >= 15 is 0 Å². The Labute approximate surface area is 134 Å². The predicted octanol–water partition coefficient (Wildman–Crippen LogP) is 1.80. The smallest absolute Gasteiger partial charge is 0.237 e. The van der Waals surface area contributed by atoms with E-state index in [0.717, 1.165) is 0 Å². The number of hydrogen-bond donors (Lipinski definition) is 2. The molecule has 1 aromatic carbocycles. The third-order valence-corrected chi connectivity index (χ3v) is 3.81. The van der Waals surface area contributed by atoms with Gasteiger partial charge < -0.3 is 15.2 Å².